The molecule has 0 radical (unpaired) electrons. The highest BCUT2D eigenvalue weighted by molar-refractivity contribution is 5.95. The number of nitrogens with two attached hydrogens (primary N) is 1. The van der Waals surface area contributed by atoms with Gasteiger partial charge in [-0.2, -0.15) is 13.2 Å². The number of carbonyl (C=O) groups is 1. The molecule has 0 saturated heterocycles. The molecule has 2 aromatic rings. The molecule has 0 spiro atoms. The minimum Gasteiger partial charge on any atom is -0.397 e. The molecule has 0 aliphatic carbocycles. The van der Waals surface area contributed by atoms with E-state index in [9.17, 15) is 18.0 Å². The van der Waals surface area contributed by atoms with Gasteiger partial charge in [-0.3, -0.25) is 4.79 Å². The van der Waals surface area contributed by atoms with Gasteiger partial charge in [0.2, 0.25) is 0 Å². The number of amides is 1. The molecule has 0 fully saturated rings. The topological polar surface area (TPSA) is 68.0 Å². The van der Waals surface area contributed by atoms with Crippen molar-refractivity contribution < 1.29 is 18.0 Å². The van der Waals surface area contributed by atoms with E-state index in [-0.39, 0.29) is 5.82 Å². The fourth-order valence-electron chi connectivity index (χ4n) is 1.59. The minimum absolute atomic E-state index is 0.208. The number of benzene rings is 1. The zero-order valence-electron chi connectivity index (χ0n) is 10.1. The smallest absolute Gasteiger partial charge is 0.397 e. The number of nitrogens with zero attached hydrogens (tertiary/aromatic N) is 1. The number of hydrogen-bond donors (Lipinski definition) is 2. The number of hydrogen-bond acceptors (Lipinski definition) is 3. The number of nitrogens with one attached hydrogen (secondary N) is 1. The van der Waals surface area contributed by atoms with E-state index < -0.39 is 12.1 Å². The molecule has 1 heterocycles. The van der Waals surface area contributed by atoms with Crippen molar-refractivity contribution in [1.29, 1.82) is 0 Å². The number of alkyl halides is 3. The third-order valence-corrected chi connectivity index (χ3v) is 2.52. The second-order valence-corrected chi connectivity index (χ2v) is 3.97. The lowest BCUT2D eigenvalue weighted by atomic mass is 10.1. The van der Waals surface area contributed by atoms with Gasteiger partial charge in [-0.25, -0.2) is 4.98 Å². The van der Waals surface area contributed by atoms with E-state index in [0.29, 0.717) is 11.3 Å². The Morgan fingerprint density at radius 1 is 1.20 bits per heavy atom. The van der Waals surface area contributed by atoms with Gasteiger partial charge >= 0.3 is 12.1 Å². The first-order valence-electron chi connectivity index (χ1n) is 5.57. The number of anilines is 2. The Labute approximate surface area is 112 Å². The number of pyridine rings is 1. The second kappa shape index (κ2) is 5.20. The van der Waals surface area contributed by atoms with Crippen molar-refractivity contribution in [1.82, 2.24) is 4.98 Å². The summed E-state index contributed by atoms with van der Waals surface area (Å²) in [7, 11) is 0. The van der Waals surface area contributed by atoms with Crippen LogP contribution >= 0.6 is 0 Å². The lowest BCUT2D eigenvalue weighted by Gasteiger charge is -2.10. The molecule has 1 aromatic carbocycles. The lowest BCUT2D eigenvalue weighted by molar-refractivity contribution is -0.167. The van der Waals surface area contributed by atoms with E-state index in [1.54, 1.807) is 35.6 Å². The van der Waals surface area contributed by atoms with Crippen LogP contribution in [0.3, 0.4) is 0 Å². The molecule has 0 aliphatic heterocycles. The Balaban J connectivity index is 2.33. The molecule has 20 heavy (non-hydrogen) atoms. The summed E-state index contributed by atoms with van der Waals surface area (Å²) >= 11 is 0. The molecule has 3 N–H and O–H groups in total. The Hall–Kier alpha value is -2.57. The summed E-state index contributed by atoms with van der Waals surface area (Å²) in [6.07, 6.45) is -3.76. The highest BCUT2D eigenvalue weighted by Gasteiger charge is 2.38. The van der Waals surface area contributed by atoms with E-state index >= 15 is 0 Å². The molecule has 1 aromatic heterocycles. The zero-order valence-corrected chi connectivity index (χ0v) is 10.1. The summed E-state index contributed by atoms with van der Waals surface area (Å²) < 4.78 is 36.5. The van der Waals surface area contributed by atoms with Gasteiger partial charge in [-0.05, 0) is 11.6 Å². The molecule has 104 valence electrons. The first-order valence-corrected chi connectivity index (χ1v) is 5.57. The van der Waals surface area contributed by atoms with Crippen LogP contribution in [0.2, 0.25) is 0 Å². The fraction of sp³-hybridized carbons (Fsp3) is 0.0769. The van der Waals surface area contributed by atoms with Crippen LogP contribution in [-0.2, 0) is 4.79 Å². The zero-order chi connectivity index (χ0) is 14.8. The van der Waals surface area contributed by atoms with Crippen LogP contribution in [0.15, 0.2) is 42.6 Å². The van der Waals surface area contributed by atoms with E-state index in [2.05, 4.69) is 4.98 Å². The summed E-state index contributed by atoms with van der Waals surface area (Å²) in [6, 6.07) is 10.1. The highest BCUT2D eigenvalue weighted by atomic mass is 19.4. The quantitative estimate of drug-likeness (QED) is 0.889. The van der Waals surface area contributed by atoms with Crippen molar-refractivity contribution in [2.75, 3.05) is 11.1 Å². The molecule has 0 saturated carbocycles. The van der Waals surface area contributed by atoms with Crippen LogP contribution in [0.25, 0.3) is 11.1 Å². The fourth-order valence-corrected chi connectivity index (χ4v) is 1.59. The van der Waals surface area contributed by atoms with Crippen molar-refractivity contribution in [2.45, 2.75) is 6.18 Å². The van der Waals surface area contributed by atoms with Crippen molar-refractivity contribution in [3.63, 3.8) is 0 Å². The average molecular weight is 281 g/mol. The molecule has 4 nitrogen and oxygen atoms in total. The molecule has 0 bridgehead atoms. The van der Waals surface area contributed by atoms with Crippen LogP contribution in [0.5, 0.6) is 0 Å². The summed E-state index contributed by atoms with van der Waals surface area (Å²) in [5.41, 5.74) is 7.26. The van der Waals surface area contributed by atoms with Crippen molar-refractivity contribution in [3.8, 4) is 11.1 Å². The van der Waals surface area contributed by atoms with Gasteiger partial charge in [-0.15, -0.1) is 0 Å². The maximum Gasteiger partial charge on any atom is 0.471 e. The van der Waals surface area contributed by atoms with E-state index in [1.165, 1.54) is 12.3 Å². The second-order valence-electron chi connectivity index (χ2n) is 3.97. The van der Waals surface area contributed by atoms with E-state index in [1.807, 2.05) is 0 Å². The third kappa shape index (κ3) is 3.05. The molecule has 0 atom stereocenters. The molecular weight excluding hydrogens is 271 g/mol. The lowest BCUT2D eigenvalue weighted by Crippen LogP contribution is -2.30. The van der Waals surface area contributed by atoms with Gasteiger partial charge in [0.1, 0.15) is 5.82 Å². The Morgan fingerprint density at radius 2 is 1.85 bits per heavy atom. The van der Waals surface area contributed by atoms with Gasteiger partial charge in [0, 0.05) is 5.56 Å². The largest absolute Gasteiger partial charge is 0.471 e. The number of carbonyl (C=O) groups excluding carboxylic acids is 1. The minimum atomic E-state index is -4.96. The first kappa shape index (κ1) is 13.9. The van der Waals surface area contributed by atoms with Crippen LogP contribution in [0.4, 0.5) is 24.7 Å². The number of aromatic nitrogens is 1. The van der Waals surface area contributed by atoms with Gasteiger partial charge < -0.3 is 11.1 Å². The van der Waals surface area contributed by atoms with Crippen molar-refractivity contribution in [2.24, 2.45) is 0 Å². The molecule has 2 rings (SSSR count). The molecule has 0 unspecified atom stereocenters. The van der Waals surface area contributed by atoms with Crippen LogP contribution in [0.1, 0.15) is 0 Å². The molecule has 0 aliphatic rings. The molecule has 7 heteroatoms. The van der Waals surface area contributed by atoms with Gasteiger partial charge in [-0.1, -0.05) is 30.3 Å². The standard InChI is InChI=1S/C13H10F3N3O/c14-13(15,16)12(20)19-11-6-9(10(17)7-18-11)8-4-2-1-3-5-8/h1-7H,17H2,(H,18,19,20). The predicted octanol–water partition coefficient (Wildman–Crippen LogP) is 2.83. The summed E-state index contributed by atoms with van der Waals surface area (Å²) in [6.45, 7) is 0. The normalized spacial score (nSPS) is 11.2. The average Bonchev–Trinajstić information content (AvgIpc) is 2.41. The van der Waals surface area contributed by atoms with Crippen LogP contribution in [-0.4, -0.2) is 17.1 Å². The van der Waals surface area contributed by atoms with Crippen molar-refractivity contribution in [3.05, 3.63) is 42.6 Å². The van der Waals surface area contributed by atoms with Gasteiger partial charge in [0.05, 0.1) is 11.9 Å². The molecule has 1 amide bonds. The summed E-state index contributed by atoms with van der Waals surface area (Å²) in [5.74, 6) is -2.28. The SMILES string of the molecule is Nc1cnc(NC(=O)C(F)(F)F)cc1-c1ccccc1. The van der Waals surface area contributed by atoms with Gasteiger partial charge in [0.25, 0.3) is 0 Å². The van der Waals surface area contributed by atoms with Gasteiger partial charge in [0.15, 0.2) is 0 Å². The monoisotopic (exact) mass is 281 g/mol. The maximum atomic E-state index is 12.2. The Bertz CT molecular complexity index is 627. The maximum absolute atomic E-state index is 12.2. The van der Waals surface area contributed by atoms with Crippen molar-refractivity contribution >= 4 is 17.4 Å². The van der Waals surface area contributed by atoms with Crippen LogP contribution < -0.4 is 11.1 Å². The Kier molecular flexibility index (Phi) is 3.60. The highest BCUT2D eigenvalue weighted by Crippen LogP contribution is 2.27. The van der Waals surface area contributed by atoms with E-state index in [0.717, 1.165) is 5.56 Å². The third-order valence-electron chi connectivity index (χ3n) is 2.52. The van der Waals surface area contributed by atoms with E-state index in [4.69, 9.17) is 5.73 Å². The Morgan fingerprint density at radius 3 is 2.45 bits per heavy atom. The first-order chi connectivity index (χ1) is 9.38. The number of rotatable bonds is 2. The number of nitrogen functional groups attached to an aromatic ring is 1. The molecular formula is C13H10F3N3O. The summed E-state index contributed by atoms with van der Waals surface area (Å²) in [4.78, 5) is 14.5. The van der Waals surface area contributed by atoms with Crippen LogP contribution in [0, 0.1) is 0 Å². The summed E-state index contributed by atoms with van der Waals surface area (Å²) in [5, 5.41) is 1.69. The number of halogens is 3. The predicted molar refractivity (Wildman–Crippen MR) is 68.8 cm³/mol.